The fourth-order valence-electron chi connectivity index (χ4n) is 2.64. The highest BCUT2D eigenvalue weighted by Crippen LogP contribution is 2.24. The molecule has 1 aromatic carbocycles. The van der Waals surface area contributed by atoms with Gasteiger partial charge in [-0.15, -0.1) is 0 Å². The van der Waals surface area contributed by atoms with Gasteiger partial charge >= 0.3 is 0 Å². The fourth-order valence-corrected chi connectivity index (χ4v) is 2.64. The number of nitrogens with one attached hydrogen (secondary N) is 2. The van der Waals surface area contributed by atoms with Gasteiger partial charge in [0.15, 0.2) is 0 Å². The second-order valence-electron chi connectivity index (χ2n) is 5.25. The molecule has 2 atom stereocenters. The summed E-state index contributed by atoms with van der Waals surface area (Å²) in [6.07, 6.45) is 0.772. The van der Waals surface area contributed by atoms with Gasteiger partial charge in [0.05, 0.1) is 31.8 Å². The van der Waals surface area contributed by atoms with Crippen LogP contribution in [0, 0.1) is 5.92 Å². The molecule has 1 saturated heterocycles. The molecule has 3 rings (SSSR count). The third kappa shape index (κ3) is 3.11. The van der Waals surface area contributed by atoms with Crippen molar-refractivity contribution in [2.75, 3.05) is 38.2 Å². The minimum Gasteiger partial charge on any atom is -0.384 e. The molecule has 20 heavy (non-hydrogen) atoms. The average Bonchev–Trinajstić information content (AvgIpc) is 2.53. The van der Waals surface area contributed by atoms with Gasteiger partial charge < -0.3 is 20.1 Å². The van der Waals surface area contributed by atoms with Gasteiger partial charge in [0, 0.05) is 18.8 Å². The topological polar surface area (TPSA) is 59.6 Å². The van der Waals surface area contributed by atoms with Crippen LogP contribution in [-0.2, 0) is 20.7 Å². The van der Waals surface area contributed by atoms with E-state index < -0.39 is 0 Å². The van der Waals surface area contributed by atoms with E-state index in [2.05, 4.69) is 22.8 Å². The summed E-state index contributed by atoms with van der Waals surface area (Å²) in [4.78, 5) is 12.2. The van der Waals surface area contributed by atoms with E-state index in [0.29, 0.717) is 32.9 Å². The van der Waals surface area contributed by atoms with Crippen molar-refractivity contribution >= 4 is 11.6 Å². The lowest BCUT2D eigenvalue weighted by Crippen LogP contribution is -2.44. The van der Waals surface area contributed by atoms with Gasteiger partial charge in [-0.3, -0.25) is 4.79 Å². The van der Waals surface area contributed by atoms with Crippen LogP contribution in [0.1, 0.15) is 5.56 Å². The van der Waals surface area contributed by atoms with Gasteiger partial charge in [-0.05, 0) is 18.1 Å². The first kappa shape index (κ1) is 13.4. The number of carbonyl (C=O) groups excluding carboxylic acids is 1. The SMILES string of the molecule is O=C(NCC1COCCO1)C1CNc2ccccc2C1. The summed E-state index contributed by atoms with van der Waals surface area (Å²) >= 11 is 0. The Morgan fingerprint density at radius 3 is 3.10 bits per heavy atom. The molecule has 0 spiro atoms. The average molecular weight is 276 g/mol. The lowest BCUT2D eigenvalue weighted by molar-refractivity contribution is -0.127. The van der Waals surface area contributed by atoms with E-state index in [4.69, 9.17) is 9.47 Å². The van der Waals surface area contributed by atoms with Crippen LogP contribution in [-0.4, -0.2) is 44.9 Å². The Morgan fingerprint density at radius 2 is 2.25 bits per heavy atom. The van der Waals surface area contributed by atoms with Crippen molar-refractivity contribution in [3.05, 3.63) is 29.8 Å². The van der Waals surface area contributed by atoms with E-state index in [-0.39, 0.29) is 17.9 Å². The number of hydrogen-bond acceptors (Lipinski definition) is 4. The molecule has 0 aliphatic carbocycles. The molecule has 0 saturated carbocycles. The number of carbonyl (C=O) groups is 1. The third-order valence-corrected chi connectivity index (χ3v) is 3.78. The summed E-state index contributed by atoms with van der Waals surface area (Å²) in [5.74, 6) is 0.0654. The van der Waals surface area contributed by atoms with E-state index >= 15 is 0 Å². The van der Waals surface area contributed by atoms with E-state index in [1.807, 2.05) is 12.1 Å². The molecule has 1 fully saturated rings. The highest BCUT2D eigenvalue weighted by Gasteiger charge is 2.25. The lowest BCUT2D eigenvalue weighted by Gasteiger charge is -2.27. The van der Waals surface area contributed by atoms with Crippen LogP contribution in [0.2, 0.25) is 0 Å². The van der Waals surface area contributed by atoms with E-state index in [1.165, 1.54) is 5.56 Å². The molecule has 2 heterocycles. The van der Waals surface area contributed by atoms with E-state index in [1.54, 1.807) is 0 Å². The molecule has 5 heteroatoms. The minimum atomic E-state index is -0.0191. The second kappa shape index (κ2) is 6.24. The number of rotatable bonds is 3. The molecule has 1 aromatic rings. The van der Waals surface area contributed by atoms with Crippen molar-refractivity contribution in [2.24, 2.45) is 5.92 Å². The Hall–Kier alpha value is -1.59. The maximum atomic E-state index is 12.2. The van der Waals surface area contributed by atoms with E-state index in [9.17, 15) is 4.79 Å². The Labute approximate surface area is 118 Å². The van der Waals surface area contributed by atoms with Crippen LogP contribution in [0.4, 0.5) is 5.69 Å². The Balaban J connectivity index is 1.51. The zero-order chi connectivity index (χ0) is 13.8. The molecule has 0 radical (unpaired) electrons. The molecule has 0 bridgehead atoms. The largest absolute Gasteiger partial charge is 0.384 e. The predicted molar refractivity (Wildman–Crippen MR) is 75.7 cm³/mol. The fraction of sp³-hybridized carbons (Fsp3) is 0.533. The third-order valence-electron chi connectivity index (χ3n) is 3.78. The van der Waals surface area contributed by atoms with E-state index in [0.717, 1.165) is 12.1 Å². The molecule has 2 unspecified atom stereocenters. The van der Waals surface area contributed by atoms with Gasteiger partial charge in [-0.2, -0.15) is 0 Å². The first-order chi connectivity index (χ1) is 9.83. The monoisotopic (exact) mass is 276 g/mol. The minimum absolute atomic E-state index is 0.0171. The predicted octanol–water partition coefficient (Wildman–Crippen LogP) is 0.802. The normalized spacial score (nSPS) is 25.4. The molecule has 5 nitrogen and oxygen atoms in total. The molecule has 108 valence electrons. The number of ether oxygens (including phenoxy) is 2. The number of hydrogen-bond donors (Lipinski definition) is 2. The molecule has 1 amide bonds. The lowest BCUT2D eigenvalue weighted by atomic mass is 9.93. The first-order valence-electron chi connectivity index (χ1n) is 7.12. The van der Waals surface area contributed by atoms with Gasteiger partial charge in [0.2, 0.25) is 5.91 Å². The van der Waals surface area contributed by atoms with Crippen LogP contribution in [0.15, 0.2) is 24.3 Å². The van der Waals surface area contributed by atoms with Gasteiger partial charge in [0.25, 0.3) is 0 Å². The maximum Gasteiger partial charge on any atom is 0.225 e. The first-order valence-corrected chi connectivity index (χ1v) is 7.12. The van der Waals surface area contributed by atoms with Crippen molar-refractivity contribution in [3.63, 3.8) is 0 Å². The van der Waals surface area contributed by atoms with Crippen molar-refractivity contribution in [1.29, 1.82) is 0 Å². The van der Waals surface area contributed by atoms with Crippen LogP contribution in [0.25, 0.3) is 0 Å². The van der Waals surface area contributed by atoms with Crippen molar-refractivity contribution in [2.45, 2.75) is 12.5 Å². The van der Waals surface area contributed by atoms with Crippen LogP contribution in [0.5, 0.6) is 0 Å². The van der Waals surface area contributed by atoms with Crippen molar-refractivity contribution in [1.82, 2.24) is 5.32 Å². The molecule has 2 aliphatic rings. The Kier molecular flexibility index (Phi) is 4.18. The number of amides is 1. The molecule has 2 N–H and O–H groups in total. The van der Waals surface area contributed by atoms with Crippen molar-refractivity contribution in [3.8, 4) is 0 Å². The molecule has 2 aliphatic heterocycles. The number of para-hydroxylation sites is 1. The van der Waals surface area contributed by atoms with Crippen LogP contribution < -0.4 is 10.6 Å². The Morgan fingerprint density at radius 1 is 1.35 bits per heavy atom. The van der Waals surface area contributed by atoms with Crippen molar-refractivity contribution < 1.29 is 14.3 Å². The zero-order valence-electron chi connectivity index (χ0n) is 11.4. The number of anilines is 1. The van der Waals surface area contributed by atoms with Gasteiger partial charge in [-0.25, -0.2) is 0 Å². The second-order valence-corrected chi connectivity index (χ2v) is 5.25. The van der Waals surface area contributed by atoms with Gasteiger partial charge in [-0.1, -0.05) is 18.2 Å². The summed E-state index contributed by atoms with van der Waals surface area (Å²) in [5.41, 5.74) is 2.34. The summed E-state index contributed by atoms with van der Waals surface area (Å²) in [6, 6.07) is 8.14. The molecular weight excluding hydrogens is 256 g/mol. The molecular formula is C15H20N2O3. The summed E-state index contributed by atoms with van der Waals surface area (Å²) in [6.45, 7) is 3.03. The van der Waals surface area contributed by atoms with Crippen LogP contribution >= 0.6 is 0 Å². The maximum absolute atomic E-state index is 12.2. The smallest absolute Gasteiger partial charge is 0.225 e. The number of fused-ring (bicyclic) bond motifs is 1. The summed E-state index contributed by atoms with van der Waals surface area (Å²) < 4.78 is 10.8. The standard InChI is InChI=1S/C15H20N2O3/c18-15(17-9-13-10-19-5-6-20-13)12-7-11-3-1-2-4-14(11)16-8-12/h1-4,12-13,16H,5-10H2,(H,17,18). The quantitative estimate of drug-likeness (QED) is 0.857. The number of benzene rings is 1. The van der Waals surface area contributed by atoms with Crippen LogP contribution in [0.3, 0.4) is 0 Å². The van der Waals surface area contributed by atoms with Gasteiger partial charge in [0.1, 0.15) is 0 Å². The highest BCUT2D eigenvalue weighted by atomic mass is 16.6. The summed E-state index contributed by atoms with van der Waals surface area (Å²) in [5, 5.41) is 6.28. The summed E-state index contributed by atoms with van der Waals surface area (Å²) in [7, 11) is 0. The molecule has 0 aromatic heterocycles. The Bertz CT molecular complexity index is 472. The zero-order valence-corrected chi connectivity index (χ0v) is 11.4. The highest BCUT2D eigenvalue weighted by molar-refractivity contribution is 5.80.